The maximum atomic E-state index is 14.0. The van der Waals surface area contributed by atoms with Crippen LogP contribution in [0.5, 0.6) is 5.75 Å². The van der Waals surface area contributed by atoms with Crippen LogP contribution in [0, 0.1) is 13.8 Å². The molecule has 2 heterocycles. The number of fused-ring (bicyclic) bond motifs is 2. The van der Waals surface area contributed by atoms with Gasteiger partial charge in [0.15, 0.2) is 5.82 Å². The molecule has 0 spiro atoms. The maximum absolute atomic E-state index is 14.0. The fraction of sp³-hybridized carbons (Fsp3) is 0.189. The minimum atomic E-state index is -0.276. The molecule has 0 radical (unpaired) electrons. The largest absolute Gasteiger partial charge is 0.496 e. The molecule has 6 rings (SSSR count). The van der Waals surface area contributed by atoms with Gasteiger partial charge in [-0.25, -0.2) is 4.98 Å². The molecule has 0 atom stereocenters. The molecule has 4 aromatic carbocycles. The van der Waals surface area contributed by atoms with Crippen molar-refractivity contribution in [2.45, 2.75) is 40.2 Å². The summed E-state index contributed by atoms with van der Waals surface area (Å²) in [4.78, 5) is 32.1. The smallest absolute Gasteiger partial charge is 0.282 e. The van der Waals surface area contributed by atoms with Crippen molar-refractivity contribution in [3.05, 3.63) is 123 Å². The van der Waals surface area contributed by atoms with E-state index in [0.717, 1.165) is 44.6 Å². The number of rotatable bonds is 8. The Hall–Kier alpha value is -5.21. The van der Waals surface area contributed by atoms with E-state index in [1.54, 1.807) is 43.7 Å². The van der Waals surface area contributed by atoms with Gasteiger partial charge in [-0.2, -0.15) is 9.78 Å². The van der Waals surface area contributed by atoms with E-state index in [-0.39, 0.29) is 23.9 Å². The monoisotopic (exact) mass is 631 g/mol. The van der Waals surface area contributed by atoms with Crippen molar-refractivity contribution in [1.29, 1.82) is 0 Å². The molecule has 1 amide bonds. The summed E-state index contributed by atoms with van der Waals surface area (Å²) >= 11 is 6.00. The summed E-state index contributed by atoms with van der Waals surface area (Å²) in [5.74, 6) is 1.23. The first-order chi connectivity index (χ1) is 22.2. The Morgan fingerprint density at radius 1 is 1.00 bits per heavy atom. The second-order valence-corrected chi connectivity index (χ2v) is 12.0. The molecule has 9 heteroatoms. The number of carbonyl (C=O) groups is 1. The van der Waals surface area contributed by atoms with Gasteiger partial charge < -0.3 is 14.6 Å². The van der Waals surface area contributed by atoms with E-state index in [1.807, 2.05) is 73.0 Å². The predicted molar refractivity (Wildman–Crippen MR) is 187 cm³/mol. The normalized spacial score (nSPS) is 11.6. The van der Waals surface area contributed by atoms with Crippen LogP contribution in [-0.2, 0) is 11.3 Å². The highest BCUT2D eigenvalue weighted by Crippen LogP contribution is 2.34. The molecule has 8 nitrogen and oxygen atoms in total. The van der Waals surface area contributed by atoms with Crippen LogP contribution in [-0.4, -0.2) is 33.5 Å². The van der Waals surface area contributed by atoms with Gasteiger partial charge in [-0.15, -0.1) is 0 Å². The van der Waals surface area contributed by atoms with Crippen molar-refractivity contribution in [2.24, 2.45) is 5.10 Å². The number of methoxy groups -OCH3 is 1. The van der Waals surface area contributed by atoms with Crippen LogP contribution in [0.3, 0.4) is 0 Å². The average Bonchev–Trinajstić information content (AvgIpc) is 3.31. The van der Waals surface area contributed by atoms with Gasteiger partial charge in [0.05, 0.1) is 24.2 Å². The zero-order valence-electron chi connectivity index (χ0n) is 26.3. The fourth-order valence-electron chi connectivity index (χ4n) is 5.79. The molecule has 232 valence electrons. The number of hydrogen-bond acceptors (Lipinski definition) is 5. The third kappa shape index (κ3) is 5.79. The van der Waals surface area contributed by atoms with Gasteiger partial charge in [0, 0.05) is 38.4 Å². The lowest BCUT2D eigenvalue weighted by atomic mass is 9.96. The fourth-order valence-corrected chi connectivity index (χ4v) is 5.92. The number of hydrogen-bond donors (Lipinski definition) is 1. The van der Waals surface area contributed by atoms with E-state index >= 15 is 0 Å². The van der Waals surface area contributed by atoms with E-state index in [9.17, 15) is 9.59 Å². The zero-order valence-corrected chi connectivity index (χ0v) is 27.1. The lowest BCUT2D eigenvalue weighted by molar-refractivity contribution is -0.116. The first-order valence-electron chi connectivity index (χ1n) is 15.0. The van der Waals surface area contributed by atoms with Crippen molar-refractivity contribution >= 4 is 51.2 Å². The molecule has 0 unspecified atom stereocenters. The molecular weight excluding hydrogens is 598 g/mol. The second kappa shape index (κ2) is 12.7. The Morgan fingerprint density at radius 3 is 2.41 bits per heavy atom. The number of halogens is 1. The highest BCUT2D eigenvalue weighted by molar-refractivity contribution is 6.30. The van der Waals surface area contributed by atoms with E-state index < -0.39 is 0 Å². The van der Waals surface area contributed by atoms with Crippen molar-refractivity contribution < 1.29 is 9.53 Å². The molecule has 2 aromatic heterocycles. The molecule has 0 saturated heterocycles. The lowest BCUT2D eigenvalue weighted by Crippen LogP contribution is -2.21. The number of nitrogens with one attached hydrogen (secondary N) is 1. The number of ether oxygens (including phenoxy) is 1. The van der Waals surface area contributed by atoms with Gasteiger partial charge in [-0.3, -0.25) is 9.59 Å². The van der Waals surface area contributed by atoms with Gasteiger partial charge in [0.1, 0.15) is 12.3 Å². The van der Waals surface area contributed by atoms with E-state index in [0.29, 0.717) is 27.4 Å². The molecule has 6 aromatic rings. The molecule has 0 aliphatic carbocycles. The lowest BCUT2D eigenvalue weighted by Gasteiger charge is -2.17. The summed E-state index contributed by atoms with van der Waals surface area (Å²) in [6.45, 7) is 8.22. The number of anilines is 1. The van der Waals surface area contributed by atoms with Crippen LogP contribution in [0.1, 0.15) is 42.1 Å². The minimum absolute atomic E-state index is 0.0918. The highest BCUT2D eigenvalue weighted by atomic mass is 35.5. The van der Waals surface area contributed by atoms with E-state index in [1.165, 1.54) is 4.68 Å². The number of aryl methyl sites for hydroxylation is 1. The molecular formula is C37H34ClN5O3. The molecule has 0 fully saturated rings. The van der Waals surface area contributed by atoms with Gasteiger partial charge >= 0.3 is 0 Å². The van der Waals surface area contributed by atoms with Crippen LogP contribution < -0.4 is 15.6 Å². The van der Waals surface area contributed by atoms with Crippen molar-refractivity contribution in [3.63, 3.8) is 0 Å². The minimum Gasteiger partial charge on any atom is -0.496 e. The molecule has 0 aliphatic rings. The van der Waals surface area contributed by atoms with Gasteiger partial charge in [-0.1, -0.05) is 55.8 Å². The molecule has 0 saturated carbocycles. The van der Waals surface area contributed by atoms with Crippen molar-refractivity contribution in [1.82, 2.24) is 14.2 Å². The zero-order chi connectivity index (χ0) is 32.5. The molecule has 0 aliphatic heterocycles. The maximum Gasteiger partial charge on any atom is 0.282 e. The van der Waals surface area contributed by atoms with E-state index in [2.05, 4.69) is 19.2 Å². The molecule has 46 heavy (non-hydrogen) atoms. The Kier molecular flexibility index (Phi) is 8.47. The van der Waals surface area contributed by atoms with E-state index in [4.69, 9.17) is 26.4 Å². The summed E-state index contributed by atoms with van der Waals surface area (Å²) in [7, 11) is 1.66. The van der Waals surface area contributed by atoms with Gasteiger partial charge in [0.2, 0.25) is 5.91 Å². The standard InChI is InChI=1S/C37H34ClN5O3/c1-22(2)29-19-30(23(3)18-34(29)46-5)36-41-32-12-8-6-11-28(32)37(45)43(36)39-20-31-24(4)42(33-13-9-7-10-27(31)33)21-35(44)40-26-16-14-25(38)15-17-26/h6-20,22H,21H2,1-5H3,(H,40,44). The Balaban J connectivity index is 1.47. The number of amides is 1. The summed E-state index contributed by atoms with van der Waals surface area (Å²) in [6.07, 6.45) is 1.69. The molecule has 0 bridgehead atoms. The summed E-state index contributed by atoms with van der Waals surface area (Å²) in [6, 6.07) is 26.1. The Labute approximate surface area is 271 Å². The summed E-state index contributed by atoms with van der Waals surface area (Å²) < 4.78 is 9.00. The number of aromatic nitrogens is 3. The highest BCUT2D eigenvalue weighted by Gasteiger charge is 2.20. The van der Waals surface area contributed by atoms with Crippen LogP contribution >= 0.6 is 11.6 Å². The predicted octanol–water partition coefficient (Wildman–Crippen LogP) is 7.94. The summed E-state index contributed by atoms with van der Waals surface area (Å²) in [5, 5.41) is 9.72. The first-order valence-corrected chi connectivity index (χ1v) is 15.4. The van der Waals surface area contributed by atoms with Crippen LogP contribution in [0.15, 0.2) is 94.8 Å². The third-order valence-electron chi connectivity index (χ3n) is 8.21. The Morgan fingerprint density at radius 2 is 1.70 bits per heavy atom. The second-order valence-electron chi connectivity index (χ2n) is 11.5. The first kappa shape index (κ1) is 30.8. The number of benzene rings is 4. The quantitative estimate of drug-likeness (QED) is 0.173. The Bertz CT molecular complexity index is 2200. The average molecular weight is 632 g/mol. The van der Waals surface area contributed by atoms with Crippen molar-refractivity contribution in [2.75, 3.05) is 12.4 Å². The van der Waals surface area contributed by atoms with Crippen LogP contribution in [0.4, 0.5) is 5.69 Å². The molecule has 1 N–H and O–H groups in total. The van der Waals surface area contributed by atoms with Crippen LogP contribution in [0.2, 0.25) is 5.02 Å². The third-order valence-corrected chi connectivity index (χ3v) is 8.46. The van der Waals surface area contributed by atoms with Crippen molar-refractivity contribution in [3.8, 4) is 17.1 Å². The number of carbonyl (C=O) groups excluding carboxylic acids is 1. The SMILES string of the molecule is COc1cc(C)c(-c2nc3ccccc3c(=O)n2N=Cc2c(C)n(CC(=O)Nc3ccc(Cl)cc3)c3ccccc23)cc1C(C)C. The topological polar surface area (TPSA) is 90.5 Å². The number of nitrogens with zero attached hydrogens (tertiary/aromatic N) is 4. The summed E-state index contributed by atoms with van der Waals surface area (Å²) in [5.41, 5.74) is 6.21. The van der Waals surface area contributed by atoms with Gasteiger partial charge in [-0.05, 0) is 85.5 Å². The number of para-hydroxylation sites is 2. The van der Waals surface area contributed by atoms with Gasteiger partial charge in [0.25, 0.3) is 5.56 Å². The van der Waals surface area contributed by atoms with Crippen LogP contribution in [0.25, 0.3) is 33.2 Å².